The molecular formula is C33H28FN3O6. The van der Waals surface area contributed by atoms with E-state index in [0.717, 1.165) is 4.90 Å². The lowest BCUT2D eigenvalue weighted by atomic mass is 10.0. The molecule has 0 spiro atoms. The maximum atomic E-state index is 14.1. The van der Waals surface area contributed by atoms with Gasteiger partial charge in [-0.25, -0.2) is 4.39 Å². The van der Waals surface area contributed by atoms with E-state index in [1.807, 2.05) is 6.07 Å². The van der Waals surface area contributed by atoms with Gasteiger partial charge in [0.1, 0.15) is 29.9 Å². The molecule has 1 aliphatic rings. The Morgan fingerprint density at radius 2 is 1.58 bits per heavy atom. The minimum absolute atomic E-state index is 0.0213. The minimum Gasteiger partial charge on any atom is -0.497 e. The molecule has 1 N–H and O–H groups in total. The smallest absolute Gasteiger partial charge is 0.299 e. The van der Waals surface area contributed by atoms with Crippen LogP contribution in [0.4, 0.5) is 15.8 Å². The van der Waals surface area contributed by atoms with Crippen molar-refractivity contribution in [2.24, 2.45) is 0 Å². The fraction of sp³-hybridized carbons (Fsp3) is 0.152. The Bertz CT molecular complexity index is 1680. The number of Topliss-reactive ketones (excluding diaryl/α,β-unsaturated/α-hetero) is 1. The van der Waals surface area contributed by atoms with Crippen molar-refractivity contribution in [3.63, 3.8) is 0 Å². The normalized spacial score (nSPS) is 12.9. The van der Waals surface area contributed by atoms with Crippen molar-refractivity contribution >= 4 is 34.9 Å². The molecule has 10 heteroatoms. The lowest BCUT2D eigenvalue weighted by Crippen LogP contribution is -2.46. The molecule has 0 saturated carbocycles. The van der Waals surface area contributed by atoms with Crippen LogP contribution in [0, 0.1) is 5.82 Å². The summed E-state index contributed by atoms with van der Waals surface area (Å²) in [5.74, 6) is -2.44. The lowest BCUT2D eigenvalue weighted by Gasteiger charge is -2.33. The van der Waals surface area contributed by atoms with Gasteiger partial charge in [-0.3, -0.25) is 24.1 Å². The van der Waals surface area contributed by atoms with Gasteiger partial charge in [0.2, 0.25) is 5.91 Å². The Hall–Kier alpha value is -5.51. The Morgan fingerprint density at radius 3 is 2.28 bits per heavy atom. The lowest BCUT2D eigenvalue weighted by molar-refractivity contribution is -0.139. The third-order valence-corrected chi connectivity index (χ3v) is 7.10. The fourth-order valence-electron chi connectivity index (χ4n) is 4.96. The Morgan fingerprint density at radius 1 is 0.884 bits per heavy atom. The number of rotatable bonds is 10. The summed E-state index contributed by atoms with van der Waals surface area (Å²) in [5.41, 5.74) is 1.88. The van der Waals surface area contributed by atoms with Gasteiger partial charge < -0.3 is 19.7 Å². The number of carbonyl (C=O) groups is 4. The highest BCUT2D eigenvalue weighted by molar-refractivity contribution is 6.52. The summed E-state index contributed by atoms with van der Waals surface area (Å²) in [5, 5.41) is 2.83. The molecule has 218 valence electrons. The molecule has 0 aliphatic carbocycles. The van der Waals surface area contributed by atoms with Crippen LogP contribution in [-0.2, 0) is 20.9 Å². The molecule has 4 aromatic rings. The number of methoxy groups -OCH3 is 2. The molecule has 1 aliphatic heterocycles. The van der Waals surface area contributed by atoms with E-state index < -0.39 is 41.9 Å². The summed E-state index contributed by atoms with van der Waals surface area (Å²) < 4.78 is 24.7. The first-order chi connectivity index (χ1) is 20.8. The standard InChI is InChI=1S/C33H28FN3O6/c1-42-24-16-17-26(28(18-24)43-2)35-32(40)30(22-12-14-23(34)15-13-22)37(19-21-8-4-3-5-9-21)29(38)20-36-27-11-7-6-10-25(27)31(39)33(36)41/h3-18,30H,19-20H2,1-2H3,(H,35,40). The van der Waals surface area contributed by atoms with Crippen LogP contribution in [-0.4, -0.2) is 49.2 Å². The number of halogens is 1. The SMILES string of the molecule is COc1ccc(NC(=O)C(c2ccc(F)cc2)N(Cc2ccccc2)C(=O)CN2C(=O)C(=O)c3ccccc32)c(OC)c1. The number of ether oxygens (including phenoxy) is 2. The molecule has 0 saturated heterocycles. The number of nitrogens with one attached hydrogen (secondary N) is 1. The van der Waals surface area contributed by atoms with Crippen molar-refractivity contribution in [3.05, 3.63) is 120 Å². The van der Waals surface area contributed by atoms with Crippen LogP contribution >= 0.6 is 0 Å². The molecule has 0 aromatic heterocycles. The van der Waals surface area contributed by atoms with Gasteiger partial charge in [-0.15, -0.1) is 0 Å². The molecule has 43 heavy (non-hydrogen) atoms. The van der Waals surface area contributed by atoms with E-state index in [0.29, 0.717) is 34.0 Å². The fourth-order valence-corrected chi connectivity index (χ4v) is 4.96. The second kappa shape index (κ2) is 12.6. The van der Waals surface area contributed by atoms with Gasteiger partial charge in [-0.05, 0) is 47.5 Å². The van der Waals surface area contributed by atoms with Gasteiger partial charge in [0.15, 0.2) is 0 Å². The molecule has 9 nitrogen and oxygen atoms in total. The minimum atomic E-state index is -1.26. The van der Waals surface area contributed by atoms with Gasteiger partial charge >= 0.3 is 0 Å². The molecule has 0 bridgehead atoms. The molecule has 0 fully saturated rings. The highest BCUT2D eigenvalue weighted by atomic mass is 19.1. The van der Waals surface area contributed by atoms with Crippen LogP contribution in [0.2, 0.25) is 0 Å². The van der Waals surface area contributed by atoms with Crippen LogP contribution in [0.5, 0.6) is 11.5 Å². The van der Waals surface area contributed by atoms with E-state index in [2.05, 4.69) is 5.32 Å². The molecule has 5 rings (SSSR count). The Kier molecular flexibility index (Phi) is 8.47. The summed E-state index contributed by atoms with van der Waals surface area (Å²) in [6.45, 7) is -0.516. The summed E-state index contributed by atoms with van der Waals surface area (Å²) in [6, 6.07) is 24.3. The zero-order valence-corrected chi connectivity index (χ0v) is 23.5. The average molecular weight is 582 g/mol. The number of ketones is 1. The summed E-state index contributed by atoms with van der Waals surface area (Å²) in [6.07, 6.45) is 0. The predicted octanol–water partition coefficient (Wildman–Crippen LogP) is 4.78. The van der Waals surface area contributed by atoms with E-state index in [1.54, 1.807) is 60.7 Å². The number of amides is 3. The number of carbonyl (C=O) groups excluding carboxylic acids is 4. The van der Waals surface area contributed by atoms with Crippen molar-refractivity contribution in [1.29, 1.82) is 0 Å². The number of benzene rings is 4. The van der Waals surface area contributed by atoms with Crippen LogP contribution in [0.25, 0.3) is 0 Å². The number of para-hydroxylation sites is 1. The van der Waals surface area contributed by atoms with Gasteiger partial charge in [0, 0.05) is 12.6 Å². The van der Waals surface area contributed by atoms with Crippen LogP contribution in [0.1, 0.15) is 27.5 Å². The van der Waals surface area contributed by atoms with Crippen molar-refractivity contribution < 1.29 is 33.0 Å². The number of fused-ring (bicyclic) bond motifs is 1. The van der Waals surface area contributed by atoms with E-state index >= 15 is 0 Å². The van der Waals surface area contributed by atoms with E-state index in [-0.39, 0.29) is 12.1 Å². The predicted molar refractivity (Wildman–Crippen MR) is 157 cm³/mol. The molecule has 1 atom stereocenters. The van der Waals surface area contributed by atoms with Crippen molar-refractivity contribution in [2.75, 3.05) is 31.0 Å². The maximum absolute atomic E-state index is 14.1. The zero-order chi connectivity index (χ0) is 30.5. The van der Waals surface area contributed by atoms with Gasteiger partial charge in [-0.2, -0.15) is 0 Å². The summed E-state index contributed by atoms with van der Waals surface area (Å²) >= 11 is 0. The van der Waals surface area contributed by atoms with Crippen molar-refractivity contribution in [1.82, 2.24) is 4.90 Å². The van der Waals surface area contributed by atoms with Crippen LogP contribution < -0.4 is 19.7 Å². The van der Waals surface area contributed by atoms with Crippen LogP contribution in [0.3, 0.4) is 0 Å². The number of anilines is 2. The first-order valence-corrected chi connectivity index (χ1v) is 13.4. The summed E-state index contributed by atoms with van der Waals surface area (Å²) in [4.78, 5) is 56.2. The molecule has 1 unspecified atom stereocenters. The van der Waals surface area contributed by atoms with Gasteiger partial charge in [-0.1, -0.05) is 54.6 Å². The van der Waals surface area contributed by atoms with E-state index in [9.17, 15) is 23.6 Å². The molecule has 0 radical (unpaired) electrons. The first kappa shape index (κ1) is 29.0. The van der Waals surface area contributed by atoms with Gasteiger partial charge in [0.05, 0.1) is 31.2 Å². The number of nitrogens with zero attached hydrogens (tertiary/aromatic N) is 2. The highest BCUT2D eigenvalue weighted by Crippen LogP contribution is 2.33. The van der Waals surface area contributed by atoms with Crippen molar-refractivity contribution in [3.8, 4) is 11.5 Å². The molecule has 3 amide bonds. The maximum Gasteiger partial charge on any atom is 0.299 e. The average Bonchev–Trinajstić information content (AvgIpc) is 3.27. The monoisotopic (exact) mass is 581 g/mol. The van der Waals surface area contributed by atoms with E-state index in [1.165, 1.54) is 49.5 Å². The quantitative estimate of drug-likeness (QED) is 0.270. The Labute approximate surface area is 247 Å². The van der Waals surface area contributed by atoms with Gasteiger partial charge in [0.25, 0.3) is 17.6 Å². The summed E-state index contributed by atoms with van der Waals surface area (Å²) in [7, 11) is 2.95. The second-order valence-corrected chi connectivity index (χ2v) is 9.75. The first-order valence-electron chi connectivity index (χ1n) is 13.4. The molecular weight excluding hydrogens is 553 g/mol. The van der Waals surface area contributed by atoms with Crippen LogP contribution in [0.15, 0.2) is 97.1 Å². The number of hydrogen-bond donors (Lipinski definition) is 1. The van der Waals surface area contributed by atoms with Crippen molar-refractivity contribution in [2.45, 2.75) is 12.6 Å². The van der Waals surface area contributed by atoms with E-state index in [4.69, 9.17) is 9.47 Å². The second-order valence-electron chi connectivity index (χ2n) is 9.75. The Balaban J connectivity index is 1.55. The highest BCUT2D eigenvalue weighted by Gasteiger charge is 2.39. The molecule has 1 heterocycles. The largest absolute Gasteiger partial charge is 0.497 e. The molecule has 4 aromatic carbocycles. The zero-order valence-electron chi connectivity index (χ0n) is 23.5. The third kappa shape index (κ3) is 6.08. The topological polar surface area (TPSA) is 105 Å². The number of hydrogen-bond acceptors (Lipinski definition) is 6. The third-order valence-electron chi connectivity index (χ3n) is 7.10.